The molecule has 7 aromatic carbocycles. The second-order valence-corrected chi connectivity index (χ2v) is 15.7. The van der Waals surface area contributed by atoms with Crippen LogP contribution < -0.4 is 0 Å². The van der Waals surface area contributed by atoms with Gasteiger partial charge in [-0.2, -0.15) is 0 Å². The summed E-state index contributed by atoms with van der Waals surface area (Å²) in [6, 6.07) is 64.3. The van der Waals surface area contributed by atoms with Crippen molar-refractivity contribution >= 4 is 64.7 Å². The molecule has 0 radical (unpaired) electrons. The molecule has 0 saturated heterocycles. The molecular weight excluding hydrogens is 709 g/mol. The number of nitrogens with zero attached hydrogens (tertiary/aromatic N) is 4. The maximum absolute atomic E-state index is 5.29. The van der Waals surface area contributed by atoms with Crippen molar-refractivity contribution in [3.8, 4) is 60.7 Å². The Balaban J connectivity index is 1.29. The van der Waals surface area contributed by atoms with Gasteiger partial charge < -0.3 is 4.57 Å². The van der Waals surface area contributed by atoms with E-state index in [-0.39, 0.29) is 0 Å². The molecule has 0 atom stereocenters. The predicted molar refractivity (Wildman–Crippen MR) is 232 cm³/mol. The molecular formula is C49H30N4S2. The SMILES string of the molecule is c1ccc(-c2nc(-c3ccccc3)nc(-c3sc(-n4c5ccccc5c5cc6sc7ccccc7c6cc54)c(-c4ccccc4)c3-c3ccccc3)n2)cc1. The molecule has 4 heterocycles. The van der Waals surface area contributed by atoms with E-state index in [1.165, 1.54) is 36.5 Å². The van der Waals surface area contributed by atoms with E-state index in [1.807, 2.05) is 47.7 Å². The van der Waals surface area contributed by atoms with Gasteiger partial charge in [-0.1, -0.05) is 158 Å². The number of rotatable bonds is 6. The molecule has 0 unspecified atom stereocenters. The van der Waals surface area contributed by atoms with Gasteiger partial charge in [-0.05, 0) is 35.4 Å². The minimum Gasteiger partial charge on any atom is -0.300 e. The van der Waals surface area contributed by atoms with Crippen molar-refractivity contribution in [1.82, 2.24) is 19.5 Å². The average molecular weight is 739 g/mol. The van der Waals surface area contributed by atoms with Crippen LogP contribution in [0, 0.1) is 0 Å². The number of hydrogen-bond donors (Lipinski definition) is 0. The van der Waals surface area contributed by atoms with E-state index in [0.29, 0.717) is 17.5 Å². The number of hydrogen-bond acceptors (Lipinski definition) is 5. The Bertz CT molecular complexity index is 3130. The zero-order valence-corrected chi connectivity index (χ0v) is 31.1. The molecule has 258 valence electrons. The van der Waals surface area contributed by atoms with Gasteiger partial charge in [-0.25, -0.2) is 15.0 Å². The number of aromatic nitrogens is 4. The quantitative estimate of drug-likeness (QED) is 0.171. The topological polar surface area (TPSA) is 43.6 Å². The van der Waals surface area contributed by atoms with E-state index >= 15 is 0 Å². The molecule has 0 bridgehead atoms. The summed E-state index contributed by atoms with van der Waals surface area (Å²) in [4.78, 5) is 16.6. The summed E-state index contributed by atoms with van der Waals surface area (Å²) in [5, 5.41) is 6.14. The molecule has 11 aromatic rings. The lowest BCUT2D eigenvalue weighted by Gasteiger charge is -2.13. The van der Waals surface area contributed by atoms with Crippen LogP contribution in [-0.2, 0) is 0 Å². The van der Waals surface area contributed by atoms with Gasteiger partial charge in [0.15, 0.2) is 17.5 Å². The van der Waals surface area contributed by atoms with Crippen molar-refractivity contribution < 1.29 is 0 Å². The third-order valence-electron chi connectivity index (χ3n) is 10.3. The lowest BCUT2D eigenvalue weighted by molar-refractivity contribution is 1.08. The summed E-state index contributed by atoms with van der Waals surface area (Å²) in [6.45, 7) is 0. The van der Waals surface area contributed by atoms with Crippen LogP contribution in [0.2, 0.25) is 0 Å². The highest BCUT2D eigenvalue weighted by molar-refractivity contribution is 7.26. The summed E-state index contributed by atoms with van der Waals surface area (Å²) in [7, 11) is 0. The summed E-state index contributed by atoms with van der Waals surface area (Å²) >= 11 is 3.61. The Morgan fingerprint density at radius 2 is 0.855 bits per heavy atom. The maximum Gasteiger partial charge on any atom is 0.174 e. The van der Waals surface area contributed by atoms with Crippen LogP contribution in [0.4, 0.5) is 0 Å². The van der Waals surface area contributed by atoms with Gasteiger partial charge >= 0.3 is 0 Å². The van der Waals surface area contributed by atoms with Crippen LogP contribution in [0.3, 0.4) is 0 Å². The van der Waals surface area contributed by atoms with Gasteiger partial charge in [-0.3, -0.25) is 0 Å². The van der Waals surface area contributed by atoms with Gasteiger partial charge in [-0.15, -0.1) is 22.7 Å². The number of benzene rings is 7. The highest BCUT2D eigenvalue weighted by Crippen LogP contribution is 2.51. The van der Waals surface area contributed by atoms with Gasteiger partial charge in [0.05, 0.1) is 15.9 Å². The fourth-order valence-electron chi connectivity index (χ4n) is 7.80. The largest absolute Gasteiger partial charge is 0.300 e. The number of para-hydroxylation sites is 1. The van der Waals surface area contributed by atoms with E-state index in [4.69, 9.17) is 15.0 Å². The van der Waals surface area contributed by atoms with E-state index < -0.39 is 0 Å². The van der Waals surface area contributed by atoms with Crippen LogP contribution in [-0.4, -0.2) is 19.5 Å². The van der Waals surface area contributed by atoms with Crippen LogP contribution in [0.1, 0.15) is 0 Å². The van der Waals surface area contributed by atoms with Gasteiger partial charge in [0.2, 0.25) is 0 Å². The third kappa shape index (κ3) is 5.29. The summed E-state index contributed by atoms with van der Waals surface area (Å²) in [6.07, 6.45) is 0. The summed E-state index contributed by atoms with van der Waals surface area (Å²) < 4.78 is 5.08. The Morgan fingerprint density at radius 1 is 0.345 bits per heavy atom. The van der Waals surface area contributed by atoms with Gasteiger partial charge in [0.25, 0.3) is 0 Å². The standard InChI is InChI=1S/C49H30N4S2/c1-5-17-31(18-6-1)43-44(32-19-7-2-8-20-32)49(55-45(43)48-51-46(33-21-9-3-10-22-33)50-47(52-48)34-23-11-4-12-24-34)53-39-27-15-13-25-35(39)37-30-42-38(29-40(37)53)36-26-14-16-28-41(36)54-42/h1-30H. The average Bonchev–Trinajstić information content (AvgIpc) is 3.93. The van der Waals surface area contributed by atoms with Crippen molar-refractivity contribution in [2.45, 2.75) is 0 Å². The van der Waals surface area contributed by atoms with Gasteiger partial charge in [0.1, 0.15) is 5.00 Å². The van der Waals surface area contributed by atoms with Gasteiger partial charge in [0, 0.05) is 53.2 Å². The monoisotopic (exact) mass is 738 g/mol. The van der Waals surface area contributed by atoms with Crippen molar-refractivity contribution in [2.24, 2.45) is 0 Å². The van der Waals surface area contributed by atoms with E-state index in [1.54, 1.807) is 11.3 Å². The first kappa shape index (κ1) is 31.8. The molecule has 0 fully saturated rings. The first-order chi connectivity index (χ1) is 27.3. The highest BCUT2D eigenvalue weighted by Gasteiger charge is 2.28. The zero-order valence-electron chi connectivity index (χ0n) is 29.4. The maximum atomic E-state index is 5.29. The van der Waals surface area contributed by atoms with E-state index in [0.717, 1.165) is 48.8 Å². The van der Waals surface area contributed by atoms with Crippen molar-refractivity contribution in [2.75, 3.05) is 0 Å². The smallest absolute Gasteiger partial charge is 0.174 e. The molecule has 55 heavy (non-hydrogen) atoms. The molecule has 0 aliphatic heterocycles. The first-order valence-corrected chi connectivity index (χ1v) is 19.9. The minimum atomic E-state index is 0.642. The Hall–Kier alpha value is -6.73. The molecule has 4 nitrogen and oxygen atoms in total. The first-order valence-electron chi connectivity index (χ1n) is 18.3. The molecule has 0 saturated carbocycles. The third-order valence-corrected chi connectivity index (χ3v) is 12.6. The molecule has 11 rings (SSSR count). The second-order valence-electron chi connectivity index (χ2n) is 13.6. The second kappa shape index (κ2) is 13.0. The van der Waals surface area contributed by atoms with Crippen molar-refractivity contribution in [3.05, 3.63) is 182 Å². The normalized spacial score (nSPS) is 11.6. The Morgan fingerprint density at radius 3 is 1.49 bits per heavy atom. The molecule has 0 N–H and O–H groups in total. The molecule has 0 aliphatic rings. The van der Waals surface area contributed by atoms with Crippen molar-refractivity contribution in [1.29, 1.82) is 0 Å². The van der Waals surface area contributed by atoms with Crippen LogP contribution in [0.15, 0.2) is 182 Å². The molecule has 6 heteroatoms. The number of fused-ring (bicyclic) bond motifs is 6. The highest BCUT2D eigenvalue weighted by atomic mass is 32.1. The lowest BCUT2D eigenvalue weighted by atomic mass is 9.95. The molecule has 0 spiro atoms. The fourth-order valence-corrected chi connectivity index (χ4v) is 10.2. The van der Waals surface area contributed by atoms with Crippen LogP contribution >= 0.6 is 22.7 Å². The Labute approximate surface area is 325 Å². The van der Waals surface area contributed by atoms with E-state index in [9.17, 15) is 0 Å². The van der Waals surface area contributed by atoms with Crippen LogP contribution in [0.5, 0.6) is 0 Å². The Kier molecular flexibility index (Phi) is 7.50. The van der Waals surface area contributed by atoms with Crippen molar-refractivity contribution in [3.63, 3.8) is 0 Å². The summed E-state index contributed by atoms with van der Waals surface area (Å²) in [5.74, 6) is 1.93. The number of thiophene rings is 2. The predicted octanol–water partition coefficient (Wildman–Crippen LogP) is 13.7. The minimum absolute atomic E-state index is 0.642. The molecule has 4 aromatic heterocycles. The molecule has 0 aliphatic carbocycles. The lowest BCUT2D eigenvalue weighted by Crippen LogP contribution is -2.00. The molecule has 0 amide bonds. The van der Waals surface area contributed by atoms with Crippen LogP contribution in [0.25, 0.3) is 103 Å². The zero-order chi connectivity index (χ0) is 36.3. The van der Waals surface area contributed by atoms with E-state index in [2.05, 4.69) is 150 Å². The summed E-state index contributed by atoms with van der Waals surface area (Å²) in [5.41, 5.74) is 8.71. The fraction of sp³-hybridized carbons (Fsp3) is 0.